The van der Waals surface area contributed by atoms with Crippen molar-refractivity contribution in [3.05, 3.63) is 33.8 Å². The minimum Gasteiger partial charge on any atom is -0.481 e. The summed E-state index contributed by atoms with van der Waals surface area (Å²) < 4.78 is 1.17. The number of hydrogen-bond acceptors (Lipinski definition) is 3. The van der Waals surface area contributed by atoms with E-state index in [-0.39, 0.29) is 6.42 Å². The van der Waals surface area contributed by atoms with Gasteiger partial charge in [-0.3, -0.25) is 9.69 Å². The molecule has 1 saturated heterocycles. The Morgan fingerprint density at radius 1 is 1.25 bits per heavy atom. The van der Waals surface area contributed by atoms with E-state index >= 15 is 0 Å². The minimum absolute atomic E-state index is 0.240. The molecule has 0 atom stereocenters. The number of carbonyl (C=O) groups is 1. The highest BCUT2D eigenvalue weighted by Crippen LogP contribution is 2.20. The molecule has 20 heavy (non-hydrogen) atoms. The van der Waals surface area contributed by atoms with Crippen LogP contribution >= 0.6 is 15.9 Å². The number of carboxylic acid groups (broad SMARTS) is 1. The first kappa shape index (κ1) is 15.5. The highest BCUT2D eigenvalue weighted by atomic mass is 79.9. The number of benzene rings is 1. The Labute approximate surface area is 128 Å². The molecule has 1 aromatic rings. The van der Waals surface area contributed by atoms with Crippen LogP contribution < -0.4 is 0 Å². The molecular weight excluding hydrogens is 320 g/mol. The quantitative estimate of drug-likeness (QED) is 0.893. The van der Waals surface area contributed by atoms with Crippen molar-refractivity contribution in [2.75, 3.05) is 32.7 Å². The topological polar surface area (TPSA) is 43.8 Å². The largest absolute Gasteiger partial charge is 0.481 e. The van der Waals surface area contributed by atoms with Crippen LogP contribution in [-0.4, -0.2) is 53.6 Å². The maximum atomic E-state index is 10.6. The molecule has 0 radical (unpaired) electrons. The summed E-state index contributed by atoms with van der Waals surface area (Å²) in [5.41, 5.74) is 2.58. The standard InChI is InChI=1S/C15H21BrN2O2/c1-12-2-3-13(14(16)10-12)11-18-8-6-17(7-9-18)5-4-15(19)20/h2-3,10H,4-9,11H2,1H3,(H,19,20). The SMILES string of the molecule is Cc1ccc(CN2CCN(CCC(=O)O)CC2)c(Br)c1. The van der Waals surface area contributed by atoms with Gasteiger partial charge in [-0.05, 0) is 24.1 Å². The lowest BCUT2D eigenvalue weighted by molar-refractivity contribution is -0.137. The van der Waals surface area contributed by atoms with Crippen molar-refractivity contribution in [3.8, 4) is 0 Å². The van der Waals surface area contributed by atoms with E-state index in [1.165, 1.54) is 15.6 Å². The van der Waals surface area contributed by atoms with E-state index in [1.54, 1.807) is 0 Å². The third-order valence-electron chi connectivity index (χ3n) is 3.71. The highest BCUT2D eigenvalue weighted by molar-refractivity contribution is 9.10. The summed E-state index contributed by atoms with van der Waals surface area (Å²) in [5, 5.41) is 8.70. The first-order valence-corrected chi connectivity index (χ1v) is 7.75. The first-order valence-electron chi connectivity index (χ1n) is 6.96. The van der Waals surface area contributed by atoms with Crippen LogP contribution in [-0.2, 0) is 11.3 Å². The summed E-state index contributed by atoms with van der Waals surface area (Å²) >= 11 is 3.62. The summed E-state index contributed by atoms with van der Waals surface area (Å²) in [6, 6.07) is 6.47. The average molecular weight is 341 g/mol. The predicted octanol–water partition coefficient (Wildman–Crippen LogP) is 2.35. The second-order valence-corrected chi connectivity index (χ2v) is 6.21. The summed E-state index contributed by atoms with van der Waals surface area (Å²) in [7, 11) is 0. The number of hydrogen-bond donors (Lipinski definition) is 1. The molecular formula is C15H21BrN2O2. The molecule has 2 rings (SSSR count). The van der Waals surface area contributed by atoms with Crippen molar-refractivity contribution >= 4 is 21.9 Å². The van der Waals surface area contributed by atoms with Gasteiger partial charge in [-0.25, -0.2) is 0 Å². The molecule has 1 N–H and O–H groups in total. The normalized spacial score (nSPS) is 17.3. The van der Waals surface area contributed by atoms with Crippen LogP contribution in [0, 0.1) is 6.92 Å². The fourth-order valence-electron chi connectivity index (χ4n) is 2.45. The number of nitrogens with zero attached hydrogens (tertiary/aromatic N) is 2. The van der Waals surface area contributed by atoms with Gasteiger partial charge in [-0.1, -0.05) is 28.1 Å². The van der Waals surface area contributed by atoms with Crippen LogP contribution in [0.15, 0.2) is 22.7 Å². The van der Waals surface area contributed by atoms with E-state index in [0.29, 0.717) is 6.54 Å². The van der Waals surface area contributed by atoms with Gasteiger partial charge in [0.2, 0.25) is 0 Å². The number of rotatable bonds is 5. The summed E-state index contributed by atoms with van der Waals surface area (Å²) in [4.78, 5) is 15.2. The Bertz CT molecular complexity index is 471. The van der Waals surface area contributed by atoms with Crippen molar-refractivity contribution in [1.29, 1.82) is 0 Å². The van der Waals surface area contributed by atoms with Gasteiger partial charge < -0.3 is 10.0 Å². The lowest BCUT2D eigenvalue weighted by Crippen LogP contribution is -2.46. The Balaban J connectivity index is 1.80. The molecule has 4 nitrogen and oxygen atoms in total. The van der Waals surface area contributed by atoms with Crippen LogP contribution in [0.4, 0.5) is 0 Å². The zero-order chi connectivity index (χ0) is 14.5. The monoisotopic (exact) mass is 340 g/mol. The number of carboxylic acids is 1. The number of piperazine rings is 1. The molecule has 5 heteroatoms. The highest BCUT2D eigenvalue weighted by Gasteiger charge is 2.18. The zero-order valence-corrected chi connectivity index (χ0v) is 13.4. The molecule has 1 fully saturated rings. The maximum absolute atomic E-state index is 10.6. The van der Waals surface area contributed by atoms with Crippen molar-refractivity contribution in [2.45, 2.75) is 19.9 Å². The van der Waals surface area contributed by atoms with Gasteiger partial charge in [-0.2, -0.15) is 0 Å². The lowest BCUT2D eigenvalue weighted by atomic mass is 10.1. The number of aryl methyl sites for hydroxylation is 1. The molecule has 0 aromatic heterocycles. The Morgan fingerprint density at radius 3 is 2.50 bits per heavy atom. The van der Waals surface area contributed by atoms with Gasteiger partial charge in [0.05, 0.1) is 6.42 Å². The third kappa shape index (κ3) is 4.58. The Morgan fingerprint density at radius 2 is 1.90 bits per heavy atom. The fraction of sp³-hybridized carbons (Fsp3) is 0.533. The molecule has 1 aromatic carbocycles. The van der Waals surface area contributed by atoms with Crippen LogP contribution in [0.5, 0.6) is 0 Å². The first-order chi connectivity index (χ1) is 9.54. The molecule has 0 amide bonds. The summed E-state index contributed by atoms with van der Waals surface area (Å²) in [6.45, 7) is 7.62. The fourth-order valence-corrected chi connectivity index (χ4v) is 3.06. The van der Waals surface area contributed by atoms with Crippen LogP contribution in [0.2, 0.25) is 0 Å². The van der Waals surface area contributed by atoms with Crippen molar-refractivity contribution < 1.29 is 9.90 Å². The van der Waals surface area contributed by atoms with Gasteiger partial charge in [-0.15, -0.1) is 0 Å². The van der Waals surface area contributed by atoms with Crippen molar-refractivity contribution in [1.82, 2.24) is 9.80 Å². The number of halogens is 1. The van der Waals surface area contributed by atoms with Crippen molar-refractivity contribution in [2.24, 2.45) is 0 Å². The van der Waals surface area contributed by atoms with Gasteiger partial charge in [0.1, 0.15) is 0 Å². The molecule has 0 bridgehead atoms. The van der Waals surface area contributed by atoms with E-state index < -0.39 is 5.97 Å². The van der Waals surface area contributed by atoms with Gasteiger partial charge in [0.25, 0.3) is 0 Å². The van der Waals surface area contributed by atoms with Crippen LogP contribution in [0.3, 0.4) is 0 Å². The second kappa shape index (κ2) is 7.20. The van der Waals surface area contributed by atoms with Gasteiger partial charge in [0.15, 0.2) is 0 Å². The van der Waals surface area contributed by atoms with E-state index in [1.807, 2.05) is 0 Å². The second-order valence-electron chi connectivity index (χ2n) is 5.36. The summed E-state index contributed by atoms with van der Waals surface area (Å²) in [5.74, 6) is -0.712. The lowest BCUT2D eigenvalue weighted by Gasteiger charge is -2.34. The van der Waals surface area contributed by atoms with E-state index in [0.717, 1.165) is 32.7 Å². The molecule has 0 spiro atoms. The van der Waals surface area contributed by atoms with Crippen molar-refractivity contribution in [3.63, 3.8) is 0 Å². The summed E-state index contributed by atoms with van der Waals surface area (Å²) in [6.07, 6.45) is 0.240. The van der Waals surface area contributed by atoms with Crippen LogP contribution in [0.1, 0.15) is 17.5 Å². The minimum atomic E-state index is -0.712. The molecule has 1 aliphatic rings. The average Bonchev–Trinajstić information content (AvgIpc) is 2.41. The molecule has 1 heterocycles. The maximum Gasteiger partial charge on any atom is 0.304 e. The smallest absolute Gasteiger partial charge is 0.304 e. The Kier molecular flexibility index (Phi) is 5.57. The zero-order valence-electron chi connectivity index (χ0n) is 11.8. The molecule has 110 valence electrons. The molecule has 1 aliphatic heterocycles. The van der Waals surface area contributed by atoms with E-state index in [9.17, 15) is 4.79 Å². The Hall–Kier alpha value is -0.910. The van der Waals surface area contributed by atoms with Crippen LogP contribution in [0.25, 0.3) is 0 Å². The number of aliphatic carboxylic acids is 1. The molecule has 0 aliphatic carbocycles. The third-order valence-corrected chi connectivity index (χ3v) is 4.45. The van der Waals surface area contributed by atoms with E-state index in [2.05, 4.69) is 50.9 Å². The van der Waals surface area contributed by atoms with E-state index in [4.69, 9.17) is 5.11 Å². The predicted molar refractivity (Wildman–Crippen MR) is 82.8 cm³/mol. The van der Waals surface area contributed by atoms with Gasteiger partial charge >= 0.3 is 5.97 Å². The molecule has 0 unspecified atom stereocenters. The van der Waals surface area contributed by atoms with Gasteiger partial charge in [0, 0.05) is 43.7 Å². The molecule has 0 saturated carbocycles.